The highest BCUT2D eigenvalue weighted by atomic mass is 16.6. The molecule has 0 fully saturated rings. The van der Waals surface area contributed by atoms with E-state index in [1.165, 1.54) is 25.7 Å². The summed E-state index contributed by atoms with van der Waals surface area (Å²) in [6.07, 6.45) is 62.5. The average molecular weight is 775 g/mol. The number of allylic oxidation sites excluding steroid dienone is 18. The Balaban J connectivity index is 4.34. The minimum atomic E-state index is -0.577. The monoisotopic (exact) mass is 775 g/mol. The molecule has 0 spiro atoms. The van der Waals surface area contributed by atoms with E-state index in [9.17, 15) is 9.59 Å². The van der Waals surface area contributed by atoms with Crippen LogP contribution >= 0.6 is 0 Å². The lowest BCUT2D eigenvalue weighted by atomic mass is 10.1. The molecular weight excluding hydrogens is 693 g/mol. The number of carbonyl (C=O) groups is 2. The van der Waals surface area contributed by atoms with E-state index in [0.29, 0.717) is 19.4 Å². The minimum Gasteiger partial charge on any atom is -0.462 e. The molecule has 5 heteroatoms. The van der Waals surface area contributed by atoms with E-state index in [-0.39, 0.29) is 25.2 Å². The SMILES string of the molecule is CC/C=C\C/C=C\C/C=C\C/C=C\C/C=C\CCCCOCC(COC(=O)CCCC/C=C\C/C=C\C/C=C\C/C=C\CC)OC(=O)CCCCCCCCC. The molecule has 0 bridgehead atoms. The van der Waals surface area contributed by atoms with E-state index in [2.05, 4.69) is 130 Å². The van der Waals surface area contributed by atoms with Crippen LogP contribution in [0.1, 0.15) is 175 Å². The van der Waals surface area contributed by atoms with Crippen LogP contribution in [0.4, 0.5) is 0 Å². The number of unbranched alkanes of at least 4 members (excludes halogenated alkanes) is 10. The summed E-state index contributed by atoms with van der Waals surface area (Å²) >= 11 is 0. The zero-order chi connectivity index (χ0) is 40.7. The second-order valence-corrected chi connectivity index (χ2v) is 14.2. The standard InChI is InChI=1S/C51H82O5/c1-4-7-10-13-16-18-20-22-24-25-26-28-30-32-34-37-40-43-46-54-47-49(56-51(53)45-42-39-35-15-12-9-6-3)48-55-50(52)44-41-38-36-33-31-29-27-23-21-19-17-14-11-8-5-2/h7-8,10-11,16-19,22-24,26-28,31-34,49H,4-6,9,12-15,20-21,25,29-30,35-48H2,1-3H3/b10-7-,11-8-,18-16-,19-17-,24-22-,27-23-,28-26-,33-31-,34-32-. The van der Waals surface area contributed by atoms with E-state index in [1.807, 2.05) is 0 Å². The van der Waals surface area contributed by atoms with Gasteiger partial charge in [0.25, 0.3) is 0 Å². The third-order valence-electron chi connectivity index (χ3n) is 8.80. The number of esters is 2. The Morgan fingerprint density at radius 2 is 0.804 bits per heavy atom. The lowest BCUT2D eigenvalue weighted by Crippen LogP contribution is -2.30. The maximum atomic E-state index is 12.6. The molecule has 0 aromatic heterocycles. The third kappa shape index (κ3) is 43.3. The third-order valence-corrected chi connectivity index (χ3v) is 8.80. The summed E-state index contributed by atoms with van der Waals surface area (Å²) in [5, 5.41) is 0. The molecule has 1 atom stereocenters. The number of hydrogen-bond acceptors (Lipinski definition) is 5. The van der Waals surface area contributed by atoms with Crippen molar-refractivity contribution in [1.29, 1.82) is 0 Å². The molecule has 0 N–H and O–H groups in total. The molecule has 0 aromatic carbocycles. The Morgan fingerprint density at radius 3 is 1.29 bits per heavy atom. The summed E-state index contributed by atoms with van der Waals surface area (Å²) in [6.45, 7) is 7.39. The van der Waals surface area contributed by atoms with Gasteiger partial charge in [-0.05, 0) is 103 Å². The van der Waals surface area contributed by atoms with Gasteiger partial charge < -0.3 is 14.2 Å². The van der Waals surface area contributed by atoms with Gasteiger partial charge in [-0.15, -0.1) is 0 Å². The van der Waals surface area contributed by atoms with Crippen LogP contribution in [0.3, 0.4) is 0 Å². The summed E-state index contributed by atoms with van der Waals surface area (Å²) in [6, 6.07) is 0. The number of hydrogen-bond donors (Lipinski definition) is 0. The number of carbonyl (C=O) groups excluding carboxylic acids is 2. The Kier molecular flexibility index (Phi) is 43.1. The van der Waals surface area contributed by atoms with Crippen molar-refractivity contribution in [2.75, 3.05) is 19.8 Å². The number of ether oxygens (including phenoxy) is 3. The molecule has 0 radical (unpaired) electrons. The van der Waals surface area contributed by atoms with Gasteiger partial charge in [-0.1, -0.05) is 169 Å². The maximum absolute atomic E-state index is 12.6. The second kappa shape index (κ2) is 45.9. The van der Waals surface area contributed by atoms with Crippen molar-refractivity contribution < 1.29 is 23.8 Å². The van der Waals surface area contributed by atoms with Gasteiger partial charge in [-0.2, -0.15) is 0 Å². The molecule has 0 saturated heterocycles. The second-order valence-electron chi connectivity index (χ2n) is 14.2. The van der Waals surface area contributed by atoms with Crippen molar-refractivity contribution >= 4 is 11.9 Å². The van der Waals surface area contributed by atoms with Gasteiger partial charge in [0.2, 0.25) is 0 Å². The van der Waals surface area contributed by atoms with E-state index >= 15 is 0 Å². The van der Waals surface area contributed by atoms with Crippen molar-refractivity contribution in [1.82, 2.24) is 0 Å². The quantitative estimate of drug-likeness (QED) is 0.0354. The number of rotatable bonds is 39. The van der Waals surface area contributed by atoms with E-state index in [4.69, 9.17) is 14.2 Å². The predicted octanol–water partition coefficient (Wildman–Crippen LogP) is 14.9. The Bertz CT molecular complexity index is 1150. The van der Waals surface area contributed by atoms with Crippen molar-refractivity contribution in [2.45, 2.75) is 181 Å². The molecule has 0 aromatic rings. The van der Waals surface area contributed by atoms with E-state index in [1.54, 1.807) is 0 Å². The van der Waals surface area contributed by atoms with Crippen molar-refractivity contribution in [3.63, 3.8) is 0 Å². The van der Waals surface area contributed by atoms with Crippen molar-refractivity contribution in [3.05, 3.63) is 109 Å². The summed E-state index contributed by atoms with van der Waals surface area (Å²) in [5.41, 5.74) is 0. The molecule has 0 aliphatic rings. The average Bonchev–Trinajstić information content (AvgIpc) is 3.20. The van der Waals surface area contributed by atoms with Gasteiger partial charge in [-0.3, -0.25) is 9.59 Å². The van der Waals surface area contributed by atoms with Crippen LogP contribution in [-0.2, 0) is 23.8 Å². The summed E-state index contributed by atoms with van der Waals surface area (Å²) in [5.74, 6) is -0.486. The van der Waals surface area contributed by atoms with Gasteiger partial charge in [0.1, 0.15) is 6.61 Å². The molecule has 0 rings (SSSR count). The molecule has 1 unspecified atom stereocenters. The first kappa shape index (κ1) is 52.6. The molecule has 56 heavy (non-hydrogen) atoms. The van der Waals surface area contributed by atoms with Crippen LogP contribution in [0.25, 0.3) is 0 Å². The van der Waals surface area contributed by atoms with Crippen molar-refractivity contribution in [2.24, 2.45) is 0 Å². The molecule has 0 aliphatic carbocycles. The highest BCUT2D eigenvalue weighted by Crippen LogP contribution is 2.11. The largest absolute Gasteiger partial charge is 0.462 e. The first-order valence-electron chi connectivity index (χ1n) is 22.4. The maximum Gasteiger partial charge on any atom is 0.306 e. The van der Waals surface area contributed by atoms with Crippen LogP contribution in [-0.4, -0.2) is 37.9 Å². The van der Waals surface area contributed by atoms with Crippen molar-refractivity contribution in [3.8, 4) is 0 Å². The molecule has 316 valence electrons. The summed E-state index contributed by atoms with van der Waals surface area (Å²) in [4.78, 5) is 25.1. The summed E-state index contributed by atoms with van der Waals surface area (Å²) < 4.78 is 17.2. The lowest BCUT2D eigenvalue weighted by Gasteiger charge is -2.18. The van der Waals surface area contributed by atoms with E-state index < -0.39 is 6.10 Å². The Hall–Kier alpha value is -3.44. The van der Waals surface area contributed by atoms with Crippen LogP contribution < -0.4 is 0 Å². The zero-order valence-electron chi connectivity index (χ0n) is 36.1. The Morgan fingerprint density at radius 1 is 0.411 bits per heavy atom. The predicted molar refractivity (Wildman–Crippen MR) is 242 cm³/mol. The van der Waals surface area contributed by atoms with Crippen LogP contribution in [0.2, 0.25) is 0 Å². The molecule has 5 nitrogen and oxygen atoms in total. The molecule has 0 amide bonds. The van der Waals surface area contributed by atoms with Gasteiger partial charge in [0.15, 0.2) is 6.10 Å². The molecule has 0 saturated carbocycles. The van der Waals surface area contributed by atoms with Gasteiger partial charge in [0, 0.05) is 19.4 Å². The van der Waals surface area contributed by atoms with Crippen LogP contribution in [0, 0.1) is 0 Å². The van der Waals surface area contributed by atoms with E-state index in [0.717, 1.165) is 116 Å². The van der Waals surface area contributed by atoms with Crippen LogP contribution in [0.15, 0.2) is 109 Å². The highest BCUT2D eigenvalue weighted by molar-refractivity contribution is 5.70. The highest BCUT2D eigenvalue weighted by Gasteiger charge is 2.17. The topological polar surface area (TPSA) is 61.8 Å². The van der Waals surface area contributed by atoms with Gasteiger partial charge >= 0.3 is 11.9 Å². The molecule has 0 aliphatic heterocycles. The fourth-order valence-corrected chi connectivity index (χ4v) is 5.52. The molecule has 0 heterocycles. The zero-order valence-corrected chi connectivity index (χ0v) is 36.1. The summed E-state index contributed by atoms with van der Waals surface area (Å²) in [7, 11) is 0. The smallest absolute Gasteiger partial charge is 0.306 e. The Labute approximate surface area is 344 Å². The normalized spacial score (nSPS) is 13.3. The van der Waals surface area contributed by atoms with Crippen LogP contribution in [0.5, 0.6) is 0 Å². The van der Waals surface area contributed by atoms with Gasteiger partial charge in [0.05, 0.1) is 6.61 Å². The van der Waals surface area contributed by atoms with Gasteiger partial charge in [-0.25, -0.2) is 0 Å². The molecular formula is C51H82O5. The fourth-order valence-electron chi connectivity index (χ4n) is 5.52. The fraction of sp³-hybridized carbons (Fsp3) is 0.608. The minimum absolute atomic E-state index is 0.0402. The first-order chi connectivity index (χ1) is 27.6. The first-order valence-corrected chi connectivity index (χ1v) is 22.4. The lowest BCUT2D eigenvalue weighted by molar-refractivity contribution is -0.163.